The summed E-state index contributed by atoms with van der Waals surface area (Å²) in [6.07, 6.45) is 8.30. The number of hydrogen-bond donors (Lipinski definition) is 2. The van der Waals surface area contributed by atoms with Gasteiger partial charge in [0, 0.05) is 6.42 Å². The fourth-order valence-corrected chi connectivity index (χ4v) is 7.61. The number of fused-ring (bicyclic) bond motifs is 1. The molecule has 17 heteroatoms. The van der Waals surface area contributed by atoms with Crippen molar-refractivity contribution in [3.05, 3.63) is 78.6 Å². The maximum atomic E-state index is 14.8. The summed E-state index contributed by atoms with van der Waals surface area (Å²) in [5.41, 5.74) is 4.78. The van der Waals surface area contributed by atoms with E-state index in [9.17, 15) is 18.5 Å². The van der Waals surface area contributed by atoms with Crippen LogP contribution >= 0.6 is 7.75 Å². The first-order valence-electron chi connectivity index (χ1n) is 18.6. The second-order valence-electron chi connectivity index (χ2n) is 13.5. The number of unbranched alkanes of at least 4 members (excludes halogenated alkanes) is 5. The number of carbonyl (C=O) groups is 2. The van der Waals surface area contributed by atoms with Crippen molar-refractivity contribution in [1.29, 1.82) is 0 Å². The number of nitrogen functional groups attached to an aromatic ring is 1. The predicted molar refractivity (Wildman–Crippen MR) is 205 cm³/mol. The number of nitrogens with two attached hydrogens (primary N) is 1. The topological polar surface area (TPSA) is 188 Å². The van der Waals surface area contributed by atoms with E-state index < -0.39 is 62.6 Å². The molecule has 0 bridgehead atoms. The molecule has 3 heterocycles. The van der Waals surface area contributed by atoms with Crippen molar-refractivity contribution in [2.45, 2.75) is 102 Å². The van der Waals surface area contributed by atoms with E-state index in [4.69, 9.17) is 40.2 Å². The molecule has 4 aromatic rings. The maximum Gasteiger partial charge on any atom is 0.508 e. The van der Waals surface area contributed by atoms with Gasteiger partial charge in [0.1, 0.15) is 24.6 Å². The summed E-state index contributed by atoms with van der Waals surface area (Å²) in [6, 6.07) is 16.0. The summed E-state index contributed by atoms with van der Waals surface area (Å²) in [5.74, 6) is 1.77. The third-order valence-corrected chi connectivity index (χ3v) is 10.4. The number of terminal acetylenes is 1. The van der Waals surface area contributed by atoms with Crippen LogP contribution in [0.15, 0.2) is 67.0 Å². The minimum atomic E-state index is -4.57. The molecule has 1 fully saturated rings. The fourth-order valence-electron chi connectivity index (χ4n) is 6.09. The lowest BCUT2D eigenvalue weighted by atomic mass is 9.99. The summed E-state index contributed by atoms with van der Waals surface area (Å²) in [5, 5.41) is 2.77. The smallest absolute Gasteiger partial charge is 0.462 e. The van der Waals surface area contributed by atoms with Gasteiger partial charge in [0.05, 0.1) is 19.0 Å². The molecule has 0 radical (unpaired) electrons. The highest BCUT2D eigenvalue weighted by molar-refractivity contribution is 7.52. The van der Waals surface area contributed by atoms with Crippen molar-refractivity contribution >= 4 is 36.9 Å². The molecule has 3 N–H and O–H groups in total. The molecule has 2 aromatic heterocycles. The van der Waals surface area contributed by atoms with E-state index in [1.807, 2.05) is 6.07 Å². The van der Waals surface area contributed by atoms with E-state index in [1.165, 1.54) is 10.9 Å². The van der Waals surface area contributed by atoms with Crippen molar-refractivity contribution in [2.75, 3.05) is 18.9 Å². The van der Waals surface area contributed by atoms with Crippen LogP contribution in [-0.2, 0) is 39.3 Å². The monoisotopic (exact) mass is 794 g/mol. The Labute approximate surface area is 325 Å². The molecule has 15 nitrogen and oxygen atoms in total. The van der Waals surface area contributed by atoms with Gasteiger partial charge in [0.2, 0.25) is 0 Å². The van der Waals surface area contributed by atoms with Gasteiger partial charge < -0.3 is 29.2 Å². The molecule has 5 atom stereocenters. The highest BCUT2D eigenvalue weighted by Gasteiger charge is 2.53. The number of carbonyl (C=O) groups excluding carboxylic acids is 2. The predicted octanol–water partition coefficient (Wildman–Crippen LogP) is 7.08. The number of esters is 1. The lowest BCUT2D eigenvalue weighted by Crippen LogP contribution is -2.46. The number of aromatic nitrogens is 4. The van der Waals surface area contributed by atoms with E-state index in [0.29, 0.717) is 6.42 Å². The van der Waals surface area contributed by atoms with Crippen LogP contribution < -0.4 is 15.3 Å². The Balaban J connectivity index is 1.43. The van der Waals surface area contributed by atoms with E-state index in [-0.39, 0.29) is 42.2 Å². The number of ether oxygens (including phenoxy) is 4. The summed E-state index contributed by atoms with van der Waals surface area (Å²) in [7, 11) is -4.57. The Morgan fingerprint density at radius 2 is 1.79 bits per heavy atom. The molecule has 0 spiro atoms. The van der Waals surface area contributed by atoms with Gasteiger partial charge in [0.25, 0.3) is 0 Å². The number of imidazole rings is 1. The molecule has 56 heavy (non-hydrogen) atoms. The maximum absolute atomic E-state index is 14.8. The number of nitrogens with one attached hydrogen (secondary N) is 1. The van der Waals surface area contributed by atoms with Crippen LogP contribution in [0.4, 0.5) is 15.0 Å². The van der Waals surface area contributed by atoms with Crippen LogP contribution in [0.2, 0.25) is 0 Å². The number of rotatable bonds is 20. The van der Waals surface area contributed by atoms with Gasteiger partial charge in [-0.1, -0.05) is 93.5 Å². The zero-order chi connectivity index (χ0) is 40.1. The molecular weight excluding hydrogens is 746 g/mol. The van der Waals surface area contributed by atoms with Gasteiger partial charge in [-0.15, -0.1) is 6.42 Å². The van der Waals surface area contributed by atoms with Crippen molar-refractivity contribution in [2.24, 2.45) is 0 Å². The largest absolute Gasteiger partial charge is 0.508 e. The van der Waals surface area contributed by atoms with Crippen molar-refractivity contribution < 1.29 is 46.5 Å². The zero-order valence-electron chi connectivity index (χ0n) is 31.7. The lowest BCUT2D eigenvalue weighted by molar-refractivity contribution is -0.149. The molecule has 0 saturated carbocycles. The number of anilines is 1. The van der Waals surface area contributed by atoms with Crippen LogP contribution in [0.3, 0.4) is 0 Å². The molecule has 1 aliphatic heterocycles. The van der Waals surface area contributed by atoms with Crippen molar-refractivity contribution in [3.63, 3.8) is 0 Å². The normalized spacial score (nSPS) is 19.6. The Morgan fingerprint density at radius 1 is 1.09 bits per heavy atom. The van der Waals surface area contributed by atoms with Gasteiger partial charge in [-0.3, -0.25) is 13.9 Å². The van der Waals surface area contributed by atoms with Crippen LogP contribution in [0.5, 0.6) is 5.75 Å². The van der Waals surface area contributed by atoms with E-state index in [1.54, 1.807) is 68.4 Å². The molecule has 5 rings (SSSR count). The molecule has 300 valence electrons. The quantitative estimate of drug-likeness (QED) is 0.0304. The van der Waals surface area contributed by atoms with Crippen LogP contribution in [0, 0.1) is 18.4 Å². The molecule has 2 aromatic carbocycles. The third kappa shape index (κ3) is 11.3. The number of nitrogens with zero attached hydrogens (tertiary/aromatic N) is 4. The SMILES string of the molecule is C#C[C@]1(CO[P@@](=O)(N[C@@H](Cc2ccccc2)C(=O)OC(C)C)Oc2ccccc2)O[C@@H](n2cnc3c(N)nc(F)nc32)C[C@@H]1OC(=O)OCCCCCCCC. The van der Waals surface area contributed by atoms with Gasteiger partial charge in [-0.25, -0.2) is 14.3 Å². The molecular formula is C39H48FN6O9P. The first-order valence-corrected chi connectivity index (χ1v) is 20.1. The highest BCUT2D eigenvalue weighted by Crippen LogP contribution is 2.49. The molecule has 0 aliphatic carbocycles. The molecule has 0 unspecified atom stereocenters. The third-order valence-electron chi connectivity index (χ3n) is 8.86. The van der Waals surface area contributed by atoms with Gasteiger partial charge in [0.15, 0.2) is 28.7 Å². The molecule has 0 amide bonds. The van der Waals surface area contributed by atoms with E-state index in [0.717, 1.165) is 37.7 Å². The van der Waals surface area contributed by atoms with E-state index in [2.05, 4.69) is 32.9 Å². The highest BCUT2D eigenvalue weighted by atomic mass is 31.2. The van der Waals surface area contributed by atoms with Crippen molar-refractivity contribution in [3.8, 4) is 18.1 Å². The average molecular weight is 795 g/mol. The second kappa shape index (κ2) is 19.7. The lowest BCUT2D eigenvalue weighted by Gasteiger charge is -2.31. The number of para-hydroxylation sites is 1. The van der Waals surface area contributed by atoms with Gasteiger partial charge in [-0.2, -0.15) is 19.4 Å². The molecule has 1 saturated heterocycles. The summed E-state index contributed by atoms with van der Waals surface area (Å²) in [4.78, 5) is 38.1. The van der Waals surface area contributed by atoms with Crippen LogP contribution in [0.1, 0.15) is 77.5 Å². The minimum absolute atomic E-state index is 0.00897. The number of halogens is 1. The zero-order valence-corrected chi connectivity index (χ0v) is 32.6. The Morgan fingerprint density at radius 3 is 2.48 bits per heavy atom. The Bertz CT molecular complexity index is 2000. The first-order chi connectivity index (χ1) is 26.9. The Hall–Kier alpha value is -5.07. The number of benzene rings is 2. The molecule has 1 aliphatic rings. The van der Waals surface area contributed by atoms with Gasteiger partial charge in [-0.05, 0) is 44.4 Å². The van der Waals surface area contributed by atoms with E-state index >= 15 is 0 Å². The second-order valence-corrected chi connectivity index (χ2v) is 15.2. The minimum Gasteiger partial charge on any atom is -0.462 e. The average Bonchev–Trinajstić information content (AvgIpc) is 3.75. The van der Waals surface area contributed by atoms with Crippen LogP contribution in [0.25, 0.3) is 11.2 Å². The van der Waals surface area contributed by atoms with Crippen LogP contribution in [-0.4, -0.2) is 68.7 Å². The summed E-state index contributed by atoms with van der Waals surface area (Å²) < 4.78 is 65.6. The van der Waals surface area contributed by atoms with Crippen molar-refractivity contribution in [1.82, 2.24) is 24.6 Å². The fraction of sp³-hybridized carbons (Fsp3) is 0.462. The van der Waals surface area contributed by atoms with Gasteiger partial charge >= 0.3 is 25.9 Å². The summed E-state index contributed by atoms with van der Waals surface area (Å²) >= 11 is 0. The standard InChI is InChI=1S/C39H48FN6O9P/c1-5-7-8-9-10-17-22-50-38(48)53-31-24-32(46-26-42-33-34(41)43-37(40)44-35(33)46)54-39(31,6-2)25-51-56(49,55-29-20-15-12-16-21-29)45-30(36(47)52-27(3)4)23-28-18-13-11-14-19-28/h2,11-16,18-21,26-27,30-32H,5,7-10,17,22-25H2,1,3-4H3,(H,45,49)(H2,41,43,44)/t30-,31-,32+,39+,56-/m0/s1. The number of hydrogen-bond acceptors (Lipinski definition) is 13. The first kappa shape index (κ1) is 42.1. The Kier molecular flexibility index (Phi) is 14.8. The summed E-state index contributed by atoms with van der Waals surface area (Å²) in [6.45, 7) is 4.93.